The lowest BCUT2D eigenvalue weighted by molar-refractivity contribution is 0.202. The second kappa shape index (κ2) is 5.84. The zero-order chi connectivity index (χ0) is 13.2. The average Bonchev–Trinajstić information content (AvgIpc) is 2.46. The molecule has 2 atom stereocenters. The monoisotopic (exact) mass is 323 g/mol. The summed E-state index contributed by atoms with van der Waals surface area (Å²) in [6.45, 7) is 2.45. The van der Waals surface area contributed by atoms with Crippen molar-refractivity contribution in [2.75, 3.05) is 18.0 Å². The molecule has 1 saturated carbocycles. The van der Waals surface area contributed by atoms with Crippen molar-refractivity contribution in [2.24, 2.45) is 11.8 Å². The quantitative estimate of drug-likeness (QED) is 0.890. The highest BCUT2D eigenvalue weighted by Gasteiger charge is 2.31. The summed E-state index contributed by atoms with van der Waals surface area (Å²) in [6.07, 6.45) is 6.98. The Hall–Kier alpha value is -0.540. The van der Waals surface area contributed by atoms with Crippen molar-refractivity contribution in [3.8, 4) is 0 Å². The summed E-state index contributed by atoms with van der Waals surface area (Å²) < 4.78 is 1.10. The molecule has 104 valence electrons. The van der Waals surface area contributed by atoms with E-state index in [0.717, 1.165) is 28.4 Å². The zero-order valence-electron chi connectivity index (χ0n) is 11.3. The van der Waals surface area contributed by atoms with Gasteiger partial charge in [-0.3, -0.25) is 0 Å². The molecular formula is C16H22BrNO. The van der Waals surface area contributed by atoms with Gasteiger partial charge in [0.25, 0.3) is 0 Å². The Bertz CT molecular complexity index is 448. The fraction of sp³-hybridized carbons (Fsp3) is 0.625. The lowest BCUT2D eigenvalue weighted by Gasteiger charge is -2.42. The van der Waals surface area contributed by atoms with Crippen LogP contribution >= 0.6 is 15.9 Å². The van der Waals surface area contributed by atoms with Gasteiger partial charge in [0, 0.05) is 28.8 Å². The number of rotatable bonds is 2. The molecule has 0 radical (unpaired) electrons. The molecule has 0 amide bonds. The number of hydrogen-bond acceptors (Lipinski definition) is 2. The van der Waals surface area contributed by atoms with Gasteiger partial charge in [0.2, 0.25) is 0 Å². The van der Waals surface area contributed by atoms with Crippen molar-refractivity contribution in [3.63, 3.8) is 0 Å². The fourth-order valence-electron chi connectivity index (χ4n) is 3.78. The van der Waals surface area contributed by atoms with E-state index in [2.05, 4.69) is 26.9 Å². The predicted octanol–water partition coefficient (Wildman–Crippen LogP) is 3.96. The molecule has 2 nitrogen and oxygen atoms in total. The second-order valence-corrected chi connectivity index (χ2v) is 6.89. The molecule has 1 saturated heterocycles. The summed E-state index contributed by atoms with van der Waals surface area (Å²) in [6, 6.07) is 6.21. The van der Waals surface area contributed by atoms with E-state index in [4.69, 9.17) is 0 Å². The number of benzene rings is 1. The minimum atomic E-state index is 0.132. The van der Waals surface area contributed by atoms with E-state index >= 15 is 0 Å². The van der Waals surface area contributed by atoms with E-state index < -0.39 is 0 Å². The Labute approximate surface area is 123 Å². The molecular weight excluding hydrogens is 302 g/mol. The van der Waals surface area contributed by atoms with E-state index in [9.17, 15) is 5.11 Å². The van der Waals surface area contributed by atoms with Crippen LogP contribution in [0.1, 0.15) is 37.7 Å². The van der Waals surface area contributed by atoms with Crippen LogP contribution in [0.3, 0.4) is 0 Å². The summed E-state index contributed by atoms with van der Waals surface area (Å²) in [4.78, 5) is 2.49. The third-order valence-corrected chi connectivity index (χ3v) is 5.34. The smallest absolute Gasteiger partial charge is 0.0702 e. The zero-order valence-corrected chi connectivity index (χ0v) is 12.9. The average molecular weight is 324 g/mol. The summed E-state index contributed by atoms with van der Waals surface area (Å²) in [5, 5.41) is 9.53. The van der Waals surface area contributed by atoms with Gasteiger partial charge in [-0.2, -0.15) is 0 Å². The Balaban J connectivity index is 1.80. The van der Waals surface area contributed by atoms with Gasteiger partial charge in [-0.1, -0.05) is 41.3 Å². The van der Waals surface area contributed by atoms with Gasteiger partial charge in [-0.05, 0) is 36.8 Å². The summed E-state index contributed by atoms with van der Waals surface area (Å²) in [5.74, 6) is 1.82. The van der Waals surface area contributed by atoms with Crippen LogP contribution in [-0.2, 0) is 6.61 Å². The van der Waals surface area contributed by atoms with E-state index in [1.807, 2.05) is 12.1 Å². The van der Waals surface area contributed by atoms with E-state index in [1.165, 1.54) is 44.3 Å². The van der Waals surface area contributed by atoms with Crippen LogP contribution in [0.5, 0.6) is 0 Å². The number of piperidine rings is 1. The number of hydrogen-bond donors (Lipinski definition) is 1. The second-order valence-electron chi connectivity index (χ2n) is 5.97. The van der Waals surface area contributed by atoms with Crippen molar-refractivity contribution in [1.29, 1.82) is 0 Å². The maximum atomic E-state index is 9.53. The normalized spacial score (nSPS) is 27.2. The number of halogens is 1. The van der Waals surface area contributed by atoms with Gasteiger partial charge >= 0.3 is 0 Å². The number of anilines is 1. The van der Waals surface area contributed by atoms with Gasteiger partial charge in [-0.15, -0.1) is 0 Å². The molecule has 2 aliphatic rings. The molecule has 1 heterocycles. The number of nitrogens with zero attached hydrogens (tertiary/aromatic N) is 1. The van der Waals surface area contributed by atoms with Gasteiger partial charge < -0.3 is 10.0 Å². The highest BCUT2D eigenvalue weighted by atomic mass is 79.9. The van der Waals surface area contributed by atoms with Gasteiger partial charge in [0.15, 0.2) is 0 Å². The van der Waals surface area contributed by atoms with E-state index in [1.54, 1.807) is 0 Å². The van der Waals surface area contributed by atoms with Crippen LogP contribution in [0, 0.1) is 11.8 Å². The molecule has 0 bridgehead atoms. The molecule has 0 aromatic heterocycles. The summed E-state index contributed by atoms with van der Waals surface area (Å²) >= 11 is 3.55. The fourth-order valence-corrected chi connectivity index (χ4v) is 4.13. The van der Waals surface area contributed by atoms with Crippen LogP contribution in [0.25, 0.3) is 0 Å². The lowest BCUT2D eigenvalue weighted by Crippen LogP contribution is -2.42. The van der Waals surface area contributed by atoms with Gasteiger partial charge in [-0.25, -0.2) is 0 Å². The Kier molecular flexibility index (Phi) is 4.13. The molecule has 1 aliphatic carbocycles. The van der Waals surface area contributed by atoms with Crippen LogP contribution in [0.4, 0.5) is 5.69 Å². The number of aliphatic hydroxyl groups is 1. The SMILES string of the molecule is OCc1ccc(Br)cc1N1CCC2CCCCC2C1. The Morgan fingerprint density at radius 3 is 2.74 bits per heavy atom. The van der Waals surface area contributed by atoms with E-state index in [0.29, 0.717) is 0 Å². The molecule has 19 heavy (non-hydrogen) atoms. The minimum Gasteiger partial charge on any atom is -0.392 e. The Morgan fingerprint density at radius 2 is 1.95 bits per heavy atom. The molecule has 2 fully saturated rings. The van der Waals surface area contributed by atoms with Crippen LogP contribution < -0.4 is 4.90 Å². The molecule has 1 aromatic rings. The van der Waals surface area contributed by atoms with Gasteiger partial charge in [0.05, 0.1) is 6.61 Å². The molecule has 3 rings (SSSR count). The van der Waals surface area contributed by atoms with Crippen molar-refractivity contribution >= 4 is 21.6 Å². The number of fused-ring (bicyclic) bond motifs is 1. The maximum Gasteiger partial charge on any atom is 0.0702 e. The van der Waals surface area contributed by atoms with Gasteiger partial charge in [0.1, 0.15) is 0 Å². The molecule has 2 unspecified atom stereocenters. The summed E-state index contributed by atoms with van der Waals surface area (Å²) in [7, 11) is 0. The van der Waals surface area contributed by atoms with Crippen LogP contribution in [0.15, 0.2) is 22.7 Å². The summed E-state index contributed by atoms with van der Waals surface area (Å²) in [5.41, 5.74) is 2.28. The Morgan fingerprint density at radius 1 is 1.16 bits per heavy atom. The predicted molar refractivity (Wildman–Crippen MR) is 82.3 cm³/mol. The molecule has 0 spiro atoms. The third kappa shape index (κ3) is 2.82. The minimum absolute atomic E-state index is 0.132. The number of aliphatic hydroxyl groups excluding tert-OH is 1. The topological polar surface area (TPSA) is 23.5 Å². The van der Waals surface area contributed by atoms with Crippen molar-refractivity contribution in [2.45, 2.75) is 38.7 Å². The van der Waals surface area contributed by atoms with Crippen molar-refractivity contribution in [3.05, 3.63) is 28.2 Å². The lowest BCUT2D eigenvalue weighted by atomic mass is 9.75. The highest BCUT2D eigenvalue weighted by molar-refractivity contribution is 9.10. The van der Waals surface area contributed by atoms with Crippen LogP contribution in [-0.4, -0.2) is 18.2 Å². The van der Waals surface area contributed by atoms with Crippen molar-refractivity contribution in [1.82, 2.24) is 0 Å². The molecule has 1 aliphatic heterocycles. The van der Waals surface area contributed by atoms with Crippen molar-refractivity contribution < 1.29 is 5.11 Å². The molecule has 3 heteroatoms. The first-order chi connectivity index (χ1) is 9.28. The first-order valence-electron chi connectivity index (χ1n) is 7.42. The first kappa shape index (κ1) is 13.4. The molecule has 1 N–H and O–H groups in total. The largest absolute Gasteiger partial charge is 0.392 e. The van der Waals surface area contributed by atoms with E-state index in [-0.39, 0.29) is 6.61 Å². The van der Waals surface area contributed by atoms with Crippen LogP contribution in [0.2, 0.25) is 0 Å². The third-order valence-electron chi connectivity index (χ3n) is 4.85. The highest BCUT2D eigenvalue weighted by Crippen LogP contribution is 2.38. The standard InChI is InChI=1S/C16H22BrNO/c17-15-6-5-14(11-19)16(9-15)18-8-7-12-3-1-2-4-13(12)10-18/h5-6,9,12-13,19H,1-4,7-8,10-11H2. The first-order valence-corrected chi connectivity index (χ1v) is 8.21. The molecule has 1 aromatic carbocycles. The maximum absolute atomic E-state index is 9.53.